The van der Waals surface area contributed by atoms with Crippen molar-refractivity contribution in [1.29, 1.82) is 0 Å². The van der Waals surface area contributed by atoms with E-state index in [0.717, 1.165) is 0 Å². The van der Waals surface area contributed by atoms with Crippen molar-refractivity contribution in [3.63, 3.8) is 0 Å². The van der Waals surface area contributed by atoms with Crippen molar-refractivity contribution >= 4 is 33.3 Å². The standard InChI is InChI=1S/C15H13BrN2O3/c1-21-12-5-3-2-4-9(12)14(19)10-6-8(16)7-11(13(10)17)15(18)20/h2-7H,17H2,1H3,(H2,18,20). The van der Waals surface area contributed by atoms with Crippen LogP contribution in [0.1, 0.15) is 26.3 Å². The van der Waals surface area contributed by atoms with Gasteiger partial charge in [-0.1, -0.05) is 28.1 Å². The second kappa shape index (κ2) is 5.97. The molecule has 108 valence electrons. The fraction of sp³-hybridized carbons (Fsp3) is 0.0667. The lowest BCUT2D eigenvalue weighted by Crippen LogP contribution is -2.17. The molecular formula is C15H13BrN2O3. The zero-order valence-electron chi connectivity index (χ0n) is 11.2. The highest BCUT2D eigenvalue weighted by molar-refractivity contribution is 9.10. The van der Waals surface area contributed by atoms with Crippen LogP contribution in [0.25, 0.3) is 0 Å². The number of nitrogens with two attached hydrogens (primary N) is 2. The molecule has 0 fully saturated rings. The zero-order chi connectivity index (χ0) is 15.6. The third-order valence-corrected chi connectivity index (χ3v) is 3.46. The summed E-state index contributed by atoms with van der Waals surface area (Å²) in [5.41, 5.74) is 11.9. The Kier molecular flexibility index (Phi) is 4.28. The molecule has 0 aliphatic heterocycles. The number of carbonyl (C=O) groups excluding carboxylic acids is 2. The van der Waals surface area contributed by atoms with E-state index in [9.17, 15) is 9.59 Å². The van der Waals surface area contributed by atoms with Crippen molar-refractivity contribution in [2.75, 3.05) is 12.8 Å². The lowest BCUT2D eigenvalue weighted by atomic mass is 9.98. The van der Waals surface area contributed by atoms with Crippen LogP contribution >= 0.6 is 15.9 Å². The molecule has 0 radical (unpaired) electrons. The Morgan fingerprint density at radius 3 is 2.33 bits per heavy atom. The van der Waals surface area contributed by atoms with Crippen LogP contribution in [0, 0.1) is 0 Å². The molecule has 0 saturated carbocycles. The minimum absolute atomic E-state index is 0.0570. The summed E-state index contributed by atoms with van der Waals surface area (Å²) < 4.78 is 5.72. The molecule has 2 rings (SSSR count). The van der Waals surface area contributed by atoms with Crippen LogP contribution in [0.4, 0.5) is 5.69 Å². The number of ketones is 1. The van der Waals surface area contributed by atoms with Gasteiger partial charge in [-0.2, -0.15) is 0 Å². The maximum absolute atomic E-state index is 12.6. The summed E-state index contributed by atoms with van der Waals surface area (Å²) in [5.74, 6) is -0.598. The maximum Gasteiger partial charge on any atom is 0.250 e. The van der Waals surface area contributed by atoms with E-state index in [-0.39, 0.29) is 22.6 Å². The largest absolute Gasteiger partial charge is 0.496 e. The summed E-state index contributed by atoms with van der Waals surface area (Å²) in [6, 6.07) is 9.82. The Labute approximate surface area is 130 Å². The third kappa shape index (κ3) is 2.90. The molecule has 0 unspecified atom stereocenters. The van der Waals surface area contributed by atoms with Crippen molar-refractivity contribution in [3.8, 4) is 5.75 Å². The van der Waals surface area contributed by atoms with Gasteiger partial charge in [-0.15, -0.1) is 0 Å². The van der Waals surface area contributed by atoms with E-state index >= 15 is 0 Å². The van der Waals surface area contributed by atoms with Gasteiger partial charge in [-0.25, -0.2) is 0 Å². The summed E-state index contributed by atoms with van der Waals surface area (Å²) in [5, 5.41) is 0. The second-order valence-electron chi connectivity index (χ2n) is 4.31. The number of methoxy groups -OCH3 is 1. The van der Waals surface area contributed by atoms with Gasteiger partial charge < -0.3 is 16.2 Å². The molecule has 0 atom stereocenters. The van der Waals surface area contributed by atoms with Crippen LogP contribution < -0.4 is 16.2 Å². The first-order valence-corrected chi connectivity index (χ1v) is 6.81. The molecule has 0 heterocycles. The van der Waals surface area contributed by atoms with Gasteiger partial charge in [0.1, 0.15) is 5.75 Å². The lowest BCUT2D eigenvalue weighted by Gasteiger charge is -2.11. The number of rotatable bonds is 4. The van der Waals surface area contributed by atoms with E-state index in [2.05, 4.69) is 15.9 Å². The number of benzene rings is 2. The molecular weight excluding hydrogens is 336 g/mol. The van der Waals surface area contributed by atoms with Gasteiger partial charge in [0.05, 0.1) is 23.9 Å². The lowest BCUT2D eigenvalue weighted by molar-refractivity contribution is 0.100. The number of halogens is 1. The number of primary amides is 1. The number of hydrogen-bond acceptors (Lipinski definition) is 4. The number of hydrogen-bond donors (Lipinski definition) is 2. The van der Waals surface area contributed by atoms with Crippen LogP contribution in [-0.2, 0) is 0 Å². The Hall–Kier alpha value is -2.34. The van der Waals surface area contributed by atoms with Crippen LogP contribution in [0.2, 0.25) is 0 Å². The van der Waals surface area contributed by atoms with Gasteiger partial charge in [0, 0.05) is 10.0 Å². The molecule has 0 bridgehead atoms. The van der Waals surface area contributed by atoms with Gasteiger partial charge in [0.2, 0.25) is 0 Å². The summed E-state index contributed by atoms with van der Waals surface area (Å²) in [7, 11) is 1.48. The molecule has 2 aromatic carbocycles. The number of ether oxygens (including phenoxy) is 1. The SMILES string of the molecule is COc1ccccc1C(=O)c1cc(Br)cc(C(N)=O)c1N. The summed E-state index contributed by atoms with van der Waals surface area (Å²) in [4.78, 5) is 24.0. The van der Waals surface area contributed by atoms with Gasteiger partial charge in [-0.05, 0) is 24.3 Å². The average Bonchev–Trinajstić information content (AvgIpc) is 2.48. The molecule has 0 aromatic heterocycles. The van der Waals surface area contributed by atoms with Crippen LogP contribution in [0.3, 0.4) is 0 Å². The van der Waals surface area contributed by atoms with Gasteiger partial charge >= 0.3 is 0 Å². The molecule has 0 aliphatic carbocycles. The van der Waals surface area contributed by atoms with Crippen molar-refractivity contribution < 1.29 is 14.3 Å². The van der Waals surface area contributed by atoms with Crippen LogP contribution in [0.5, 0.6) is 5.75 Å². The smallest absolute Gasteiger partial charge is 0.250 e. The normalized spacial score (nSPS) is 10.2. The number of para-hydroxylation sites is 1. The highest BCUT2D eigenvalue weighted by atomic mass is 79.9. The number of anilines is 1. The number of carbonyl (C=O) groups is 2. The molecule has 0 spiro atoms. The molecule has 0 aliphatic rings. The minimum Gasteiger partial charge on any atom is -0.496 e. The molecule has 21 heavy (non-hydrogen) atoms. The van der Waals surface area contributed by atoms with E-state index in [0.29, 0.717) is 15.8 Å². The molecule has 5 nitrogen and oxygen atoms in total. The van der Waals surface area contributed by atoms with Crippen molar-refractivity contribution in [2.45, 2.75) is 0 Å². The quantitative estimate of drug-likeness (QED) is 0.654. The Morgan fingerprint density at radius 1 is 1.10 bits per heavy atom. The van der Waals surface area contributed by atoms with E-state index in [1.807, 2.05) is 0 Å². The average molecular weight is 349 g/mol. The molecule has 2 aromatic rings. The fourth-order valence-corrected chi connectivity index (χ4v) is 2.44. The van der Waals surface area contributed by atoms with E-state index in [1.165, 1.54) is 13.2 Å². The maximum atomic E-state index is 12.6. The monoisotopic (exact) mass is 348 g/mol. The first kappa shape index (κ1) is 15.1. The van der Waals surface area contributed by atoms with E-state index < -0.39 is 5.91 Å². The summed E-state index contributed by atoms with van der Waals surface area (Å²) in [6.45, 7) is 0. The van der Waals surface area contributed by atoms with Gasteiger partial charge in [-0.3, -0.25) is 9.59 Å². The van der Waals surface area contributed by atoms with Gasteiger partial charge in [0.25, 0.3) is 5.91 Å². The highest BCUT2D eigenvalue weighted by Gasteiger charge is 2.20. The second-order valence-corrected chi connectivity index (χ2v) is 5.22. The van der Waals surface area contributed by atoms with Crippen LogP contribution in [0.15, 0.2) is 40.9 Å². The predicted molar refractivity (Wildman–Crippen MR) is 83.5 cm³/mol. The van der Waals surface area contributed by atoms with Crippen molar-refractivity contribution in [1.82, 2.24) is 0 Å². The first-order valence-electron chi connectivity index (χ1n) is 6.02. The van der Waals surface area contributed by atoms with E-state index in [4.69, 9.17) is 16.2 Å². The first-order chi connectivity index (χ1) is 9.95. The molecule has 0 saturated heterocycles. The Morgan fingerprint density at radius 2 is 1.71 bits per heavy atom. The van der Waals surface area contributed by atoms with Crippen molar-refractivity contribution in [3.05, 3.63) is 57.6 Å². The van der Waals surface area contributed by atoms with Crippen molar-refractivity contribution in [2.24, 2.45) is 5.73 Å². The van der Waals surface area contributed by atoms with Crippen LogP contribution in [-0.4, -0.2) is 18.8 Å². The van der Waals surface area contributed by atoms with Gasteiger partial charge in [0.15, 0.2) is 5.78 Å². The molecule has 6 heteroatoms. The Bertz CT molecular complexity index is 729. The molecule has 1 amide bonds. The highest BCUT2D eigenvalue weighted by Crippen LogP contribution is 2.28. The zero-order valence-corrected chi connectivity index (χ0v) is 12.8. The minimum atomic E-state index is -0.692. The van der Waals surface area contributed by atoms with E-state index in [1.54, 1.807) is 30.3 Å². The molecule has 4 N–H and O–H groups in total. The third-order valence-electron chi connectivity index (χ3n) is 3.01. The Balaban J connectivity index is 2.61. The number of amides is 1. The number of nitrogen functional groups attached to an aromatic ring is 1. The summed E-state index contributed by atoms with van der Waals surface area (Å²) in [6.07, 6.45) is 0. The topological polar surface area (TPSA) is 95.4 Å². The predicted octanol–water partition coefficient (Wildman–Crippen LogP) is 2.37. The fourth-order valence-electron chi connectivity index (χ4n) is 1.99. The summed E-state index contributed by atoms with van der Waals surface area (Å²) >= 11 is 3.25.